The maximum atomic E-state index is 12.4. The number of nitrogens with one attached hydrogen (secondary N) is 1. The minimum absolute atomic E-state index is 0.143. The second kappa shape index (κ2) is 6.09. The van der Waals surface area contributed by atoms with Crippen LogP contribution in [0.5, 0.6) is 5.75 Å². The van der Waals surface area contributed by atoms with Gasteiger partial charge < -0.3 is 10.4 Å². The molecule has 6 heteroatoms. The lowest BCUT2D eigenvalue weighted by Crippen LogP contribution is -2.13. The molecule has 0 spiro atoms. The van der Waals surface area contributed by atoms with E-state index in [9.17, 15) is 9.90 Å². The lowest BCUT2D eigenvalue weighted by atomic mass is 10.1. The second-order valence-corrected chi connectivity index (χ2v) is 5.48. The van der Waals surface area contributed by atoms with Crippen LogP contribution < -0.4 is 5.32 Å². The number of imidazole rings is 1. The average molecular weight is 330 g/mol. The van der Waals surface area contributed by atoms with Crippen molar-refractivity contribution in [2.75, 3.05) is 5.32 Å². The Hall–Kier alpha value is -3.67. The van der Waals surface area contributed by atoms with Gasteiger partial charge in [0.25, 0.3) is 5.91 Å². The highest BCUT2D eigenvalue weighted by molar-refractivity contribution is 6.03. The fraction of sp³-hybridized carbons (Fsp3) is 0. The summed E-state index contributed by atoms with van der Waals surface area (Å²) in [6.45, 7) is 0. The first-order chi connectivity index (χ1) is 12.2. The molecule has 0 aliphatic carbocycles. The molecule has 0 unspecified atom stereocenters. The number of carbonyl (C=O) groups excluding carboxylic acids is 1. The van der Waals surface area contributed by atoms with E-state index in [1.165, 1.54) is 0 Å². The second-order valence-electron chi connectivity index (χ2n) is 5.48. The van der Waals surface area contributed by atoms with Crippen LogP contribution in [0.1, 0.15) is 10.4 Å². The molecule has 0 fully saturated rings. The van der Waals surface area contributed by atoms with Gasteiger partial charge in [-0.1, -0.05) is 30.3 Å². The van der Waals surface area contributed by atoms with Gasteiger partial charge >= 0.3 is 0 Å². The number of benzene rings is 2. The number of phenols is 1. The first-order valence-corrected chi connectivity index (χ1v) is 7.70. The number of para-hydroxylation sites is 1. The highest BCUT2D eigenvalue weighted by Gasteiger charge is 2.12. The van der Waals surface area contributed by atoms with E-state index >= 15 is 0 Å². The average Bonchev–Trinajstić information content (AvgIpc) is 3.05. The van der Waals surface area contributed by atoms with Crippen molar-refractivity contribution in [2.24, 2.45) is 0 Å². The maximum absolute atomic E-state index is 12.4. The van der Waals surface area contributed by atoms with Crippen molar-refractivity contribution in [3.05, 3.63) is 78.8 Å². The summed E-state index contributed by atoms with van der Waals surface area (Å²) in [5.74, 6) is 0.454. The SMILES string of the molecule is O=C(Nc1cnc2cnc(-c3ccccc3O)cn12)c1ccccc1. The summed E-state index contributed by atoms with van der Waals surface area (Å²) in [5.41, 5.74) is 2.35. The molecule has 25 heavy (non-hydrogen) atoms. The Morgan fingerprint density at radius 1 is 0.960 bits per heavy atom. The molecule has 122 valence electrons. The van der Waals surface area contributed by atoms with Gasteiger partial charge in [0.2, 0.25) is 0 Å². The number of aromatic nitrogens is 3. The number of nitrogens with zero attached hydrogens (tertiary/aromatic N) is 3. The van der Waals surface area contributed by atoms with Crippen LogP contribution in [0.25, 0.3) is 16.9 Å². The molecular weight excluding hydrogens is 316 g/mol. The largest absolute Gasteiger partial charge is 0.507 e. The van der Waals surface area contributed by atoms with Gasteiger partial charge in [-0.2, -0.15) is 0 Å². The van der Waals surface area contributed by atoms with E-state index in [4.69, 9.17) is 0 Å². The summed E-state index contributed by atoms with van der Waals surface area (Å²) in [6, 6.07) is 15.9. The fourth-order valence-electron chi connectivity index (χ4n) is 2.59. The van der Waals surface area contributed by atoms with Gasteiger partial charge in [0, 0.05) is 17.3 Å². The monoisotopic (exact) mass is 330 g/mol. The van der Waals surface area contributed by atoms with Gasteiger partial charge in [-0.05, 0) is 24.3 Å². The number of fused-ring (bicyclic) bond motifs is 1. The first-order valence-electron chi connectivity index (χ1n) is 7.70. The van der Waals surface area contributed by atoms with Crippen molar-refractivity contribution in [2.45, 2.75) is 0 Å². The third-order valence-electron chi connectivity index (χ3n) is 3.85. The molecule has 0 atom stereocenters. The molecule has 4 rings (SSSR count). The van der Waals surface area contributed by atoms with E-state index in [1.807, 2.05) is 24.3 Å². The molecule has 0 bridgehead atoms. The molecular formula is C19H14N4O2. The van der Waals surface area contributed by atoms with E-state index in [1.54, 1.807) is 53.3 Å². The van der Waals surface area contributed by atoms with Crippen LogP contribution >= 0.6 is 0 Å². The van der Waals surface area contributed by atoms with E-state index in [0.717, 1.165) is 0 Å². The van der Waals surface area contributed by atoms with Crippen molar-refractivity contribution in [1.29, 1.82) is 0 Å². The zero-order chi connectivity index (χ0) is 17.2. The summed E-state index contributed by atoms with van der Waals surface area (Å²) in [4.78, 5) is 20.9. The van der Waals surface area contributed by atoms with Crippen LogP contribution in [-0.4, -0.2) is 25.4 Å². The summed E-state index contributed by atoms with van der Waals surface area (Å²) in [5, 5.41) is 12.9. The predicted molar refractivity (Wildman–Crippen MR) is 94.5 cm³/mol. The molecule has 2 heterocycles. The van der Waals surface area contributed by atoms with Crippen LogP contribution in [0, 0.1) is 0 Å². The van der Waals surface area contributed by atoms with Crippen molar-refractivity contribution in [1.82, 2.24) is 14.4 Å². The zero-order valence-corrected chi connectivity index (χ0v) is 13.1. The van der Waals surface area contributed by atoms with Crippen molar-refractivity contribution < 1.29 is 9.90 Å². The number of anilines is 1. The summed E-state index contributed by atoms with van der Waals surface area (Å²) in [6.07, 6.45) is 4.91. The molecule has 2 aromatic heterocycles. The highest BCUT2D eigenvalue weighted by atomic mass is 16.3. The number of carbonyl (C=O) groups is 1. The van der Waals surface area contributed by atoms with E-state index in [2.05, 4.69) is 15.3 Å². The number of aromatic hydroxyl groups is 1. The van der Waals surface area contributed by atoms with Gasteiger partial charge in [-0.15, -0.1) is 0 Å². The molecule has 6 nitrogen and oxygen atoms in total. The predicted octanol–water partition coefficient (Wildman–Crippen LogP) is 3.35. The van der Waals surface area contributed by atoms with Crippen molar-refractivity contribution in [3.63, 3.8) is 0 Å². The Labute approximate surface area is 143 Å². The van der Waals surface area contributed by atoms with Crippen molar-refractivity contribution >= 4 is 17.4 Å². The molecule has 1 amide bonds. The van der Waals surface area contributed by atoms with Crippen molar-refractivity contribution in [3.8, 4) is 17.0 Å². The maximum Gasteiger partial charge on any atom is 0.256 e. The van der Waals surface area contributed by atoms with Crippen LogP contribution in [0.15, 0.2) is 73.2 Å². The van der Waals surface area contributed by atoms with Gasteiger partial charge in [0.15, 0.2) is 5.65 Å². The number of rotatable bonds is 3. The fourth-order valence-corrected chi connectivity index (χ4v) is 2.59. The highest BCUT2D eigenvalue weighted by Crippen LogP contribution is 2.27. The van der Waals surface area contributed by atoms with Crippen LogP contribution in [-0.2, 0) is 0 Å². The topological polar surface area (TPSA) is 79.5 Å². The lowest BCUT2D eigenvalue weighted by Gasteiger charge is -2.07. The Balaban J connectivity index is 1.72. The summed E-state index contributed by atoms with van der Waals surface area (Å²) >= 11 is 0. The van der Waals surface area contributed by atoms with Crippen LogP contribution in [0.3, 0.4) is 0 Å². The molecule has 0 radical (unpaired) electrons. The lowest BCUT2D eigenvalue weighted by molar-refractivity contribution is 0.102. The number of hydrogen-bond acceptors (Lipinski definition) is 4. The Morgan fingerprint density at radius 3 is 2.52 bits per heavy atom. The molecule has 0 aliphatic heterocycles. The number of hydrogen-bond donors (Lipinski definition) is 2. The van der Waals surface area contributed by atoms with Crippen LogP contribution in [0.2, 0.25) is 0 Å². The standard InChI is InChI=1S/C19H14N4O2/c24-16-9-5-4-8-14(16)15-12-23-17(10-20-15)21-11-18(23)22-19(25)13-6-2-1-3-7-13/h1-12,24H,(H,22,25). The van der Waals surface area contributed by atoms with Crippen LogP contribution in [0.4, 0.5) is 5.82 Å². The molecule has 0 saturated heterocycles. The van der Waals surface area contributed by atoms with Gasteiger partial charge in [-0.3, -0.25) is 14.2 Å². The minimum atomic E-state index is -0.219. The van der Waals surface area contributed by atoms with E-state index < -0.39 is 0 Å². The third kappa shape index (κ3) is 2.81. The zero-order valence-electron chi connectivity index (χ0n) is 13.1. The normalized spacial score (nSPS) is 10.7. The summed E-state index contributed by atoms with van der Waals surface area (Å²) in [7, 11) is 0. The Kier molecular flexibility index (Phi) is 3.63. The quantitative estimate of drug-likeness (QED) is 0.604. The van der Waals surface area contributed by atoms with Gasteiger partial charge in [0.1, 0.15) is 11.6 Å². The van der Waals surface area contributed by atoms with Gasteiger partial charge in [0.05, 0.1) is 18.1 Å². The minimum Gasteiger partial charge on any atom is -0.507 e. The van der Waals surface area contributed by atoms with E-state index in [-0.39, 0.29) is 11.7 Å². The van der Waals surface area contributed by atoms with E-state index in [0.29, 0.717) is 28.3 Å². The van der Waals surface area contributed by atoms with Gasteiger partial charge in [-0.25, -0.2) is 4.98 Å². The molecule has 2 aromatic carbocycles. The third-order valence-corrected chi connectivity index (χ3v) is 3.85. The number of amides is 1. The summed E-state index contributed by atoms with van der Waals surface area (Å²) < 4.78 is 1.73. The Morgan fingerprint density at radius 2 is 1.72 bits per heavy atom. The molecule has 0 aliphatic rings. The smallest absolute Gasteiger partial charge is 0.256 e. The molecule has 2 N–H and O–H groups in total. The Bertz CT molecular complexity index is 1060. The number of phenolic OH excluding ortho intramolecular Hbond substituents is 1. The first kappa shape index (κ1) is 14.9. The molecule has 0 saturated carbocycles. The molecule has 4 aromatic rings.